The average molecular weight is 576 g/mol. The summed E-state index contributed by atoms with van der Waals surface area (Å²) in [5.41, 5.74) is 11.9. The van der Waals surface area contributed by atoms with E-state index in [1.807, 2.05) is 48.5 Å². The molecule has 210 valence electrons. The Hall–Kier alpha value is -6.20. The summed E-state index contributed by atoms with van der Waals surface area (Å²) >= 11 is 0. The summed E-state index contributed by atoms with van der Waals surface area (Å²) in [4.78, 5) is 20.2. The fourth-order valence-corrected chi connectivity index (χ4v) is 6.21. The summed E-state index contributed by atoms with van der Waals surface area (Å²) in [6, 6.07) is 49.9. The summed E-state index contributed by atoms with van der Waals surface area (Å²) in [5, 5.41) is 2.07. The number of aromatic nitrogens is 5. The lowest BCUT2D eigenvalue weighted by Crippen LogP contribution is -1.96. The number of pyridine rings is 2. The van der Waals surface area contributed by atoms with Crippen molar-refractivity contribution in [1.29, 1.82) is 0 Å². The number of hydrogen-bond donors (Lipinski definition) is 0. The third-order valence-electron chi connectivity index (χ3n) is 8.43. The molecule has 0 spiro atoms. The number of imidazole rings is 1. The highest BCUT2D eigenvalue weighted by atomic mass is 15.0. The van der Waals surface area contributed by atoms with Gasteiger partial charge in [0.1, 0.15) is 11.2 Å². The summed E-state index contributed by atoms with van der Waals surface area (Å²) in [6.07, 6.45) is 2.06. The minimum absolute atomic E-state index is 0.705. The van der Waals surface area contributed by atoms with Crippen LogP contribution in [0.4, 0.5) is 0 Å². The van der Waals surface area contributed by atoms with Crippen LogP contribution in [0.5, 0.6) is 0 Å². The number of benzene rings is 5. The van der Waals surface area contributed by atoms with Crippen molar-refractivity contribution in [2.45, 2.75) is 0 Å². The second-order valence-electron chi connectivity index (χ2n) is 11.1. The second-order valence-corrected chi connectivity index (χ2v) is 11.1. The monoisotopic (exact) mass is 575 g/mol. The Morgan fingerprint density at radius 2 is 0.956 bits per heavy atom. The van der Waals surface area contributed by atoms with Gasteiger partial charge in [0, 0.05) is 33.7 Å². The molecule has 9 aromatic rings. The van der Waals surface area contributed by atoms with Crippen LogP contribution in [0.15, 0.2) is 152 Å². The van der Waals surface area contributed by atoms with E-state index in [-0.39, 0.29) is 0 Å². The maximum absolute atomic E-state index is 5.14. The maximum atomic E-state index is 5.14. The Morgan fingerprint density at radius 1 is 0.378 bits per heavy atom. The number of nitrogens with zero attached hydrogens (tertiary/aromatic N) is 5. The Labute approximate surface area is 259 Å². The van der Waals surface area contributed by atoms with E-state index < -0.39 is 0 Å². The van der Waals surface area contributed by atoms with Gasteiger partial charge in [0.05, 0.1) is 27.9 Å². The molecule has 0 N–H and O–H groups in total. The molecule has 0 aliphatic rings. The number of rotatable bonds is 4. The first-order valence-electron chi connectivity index (χ1n) is 15.0. The highest BCUT2D eigenvalue weighted by Crippen LogP contribution is 2.35. The van der Waals surface area contributed by atoms with Crippen molar-refractivity contribution in [2.75, 3.05) is 0 Å². The number of hydrogen-bond acceptors (Lipinski definition) is 4. The molecule has 0 bridgehead atoms. The first-order chi connectivity index (χ1) is 22.3. The van der Waals surface area contributed by atoms with Crippen LogP contribution in [0.1, 0.15) is 0 Å². The van der Waals surface area contributed by atoms with Crippen LogP contribution in [-0.2, 0) is 0 Å². The normalized spacial score (nSPS) is 11.6. The van der Waals surface area contributed by atoms with E-state index >= 15 is 0 Å². The van der Waals surface area contributed by atoms with Crippen LogP contribution >= 0.6 is 0 Å². The van der Waals surface area contributed by atoms with Gasteiger partial charge in [0.2, 0.25) is 0 Å². The van der Waals surface area contributed by atoms with Crippen LogP contribution in [0, 0.1) is 0 Å². The van der Waals surface area contributed by atoms with Gasteiger partial charge in [0.25, 0.3) is 0 Å². The van der Waals surface area contributed by atoms with Crippen LogP contribution in [-0.4, -0.2) is 24.3 Å². The van der Waals surface area contributed by atoms with Gasteiger partial charge in [-0.15, -0.1) is 0 Å². The van der Waals surface area contributed by atoms with E-state index in [2.05, 4.69) is 108 Å². The molecule has 0 aliphatic heterocycles. The molecular weight excluding hydrogens is 550 g/mol. The van der Waals surface area contributed by atoms with Crippen LogP contribution < -0.4 is 0 Å². The summed E-state index contributed by atoms with van der Waals surface area (Å²) in [6.45, 7) is 0. The van der Waals surface area contributed by atoms with Crippen molar-refractivity contribution >= 4 is 38.5 Å². The molecule has 0 unspecified atom stereocenters. The lowest BCUT2D eigenvalue weighted by Gasteiger charge is -2.11. The van der Waals surface area contributed by atoms with Crippen molar-refractivity contribution < 1.29 is 0 Å². The van der Waals surface area contributed by atoms with E-state index in [4.69, 9.17) is 19.9 Å². The predicted molar refractivity (Wildman–Crippen MR) is 183 cm³/mol. The molecule has 0 atom stereocenters. The van der Waals surface area contributed by atoms with Crippen LogP contribution in [0.3, 0.4) is 0 Å². The molecule has 9 rings (SSSR count). The second kappa shape index (κ2) is 10.2. The van der Waals surface area contributed by atoms with Crippen LogP contribution in [0.25, 0.3) is 83.5 Å². The molecule has 0 aliphatic carbocycles. The fourth-order valence-electron chi connectivity index (χ4n) is 6.21. The van der Waals surface area contributed by atoms with E-state index in [1.54, 1.807) is 0 Å². The van der Waals surface area contributed by atoms with E-state index in [9.17, 15) is 0 Å². The van der Waals surface area contributed by atoms with Gasteiger partial charge < -0.3 is 0 Å². The molecule has 0 saturated carbocycles. The molecular formula is C40H25N5. The fraction of sp³-hybridized carbons (Fsp3) is 0. The Morgan fingerprint density at radius 3 is 1.73 bits per heavy atom. The lowest BCUT2D eigenvalue weighted by atomic mass is 10.0. The van der Waals surface area contributed by atoms with Gasteiger partial charge >= 0.3 is 0 Å². The summed E-state index contributed by atoms with van der Waals surface area (Å²) < 4.78 is 2.13. The average Bonchev–Trinajstić information content (AvgIpc) is 3.52. The van der Waals surface area contributed by atoms with Gasteiger partial charge in [-0.2, -0.15) is 0 Å². The quantitative estimate of drug-likeness (QED) is 0.210. The largest absolute Gasteiger partial charge is 0.298 e. The van der Waals surface area contributed by atoms with Crippen molar-refractivity contribution in [3.8, 4) is 45.0 Å². The summed E-state index contributed by atoms with van der Waals surface area (Å²) in [5.74, 6) is 0.705. The maximum Gasteiger partial charge on any atom is 0.160 e. The molecule has 4 heterocycles. The number of fused-ring (bicyclic) bond motifs is 6. The van der Waals surface area contributed by atoms with Crippen molar-refractivity contribution in [1.82, 2.24) is 24.3 Å². The SMILES string of the molecule is c1ccc(-c2ccc(-c3nc(-c4ccc(-c5nc6ccccc6c6nc7ccccn7c56)cc4)c4ccccc4n3)cc2)cc1. The molecule has 45 heavy (non-hydrogen) atoms. The zero-order valence-electron chi connectivity index (χ0n) is 24.2. The highest BCUT2D eigenvalue weighted by molar-refractivity contribution is 6.09. The third kappa shape index (κ3) is 4.25. The zero-order chi connectivity index (χ0) is 29.7. The molecule has 5 heteroatoms. The smallest absolute Gasteiger partial charge is 0.160 e. The molecule has 0 fully saturated rings. The Kier molecular flexibility index (Phi) is 5.74. The lowest BCUT2D eigenvalue weighted by molar-refractivity contribution is 1.22. The number of para-hydroxylation sites is 2. The van der Waals surface area contributed by atoms with Crippen molar-refractivity contribution in [3.63, 3.8) is 0 Å². The van der Waals surface area contributed by atoms with E-state index in [0.717, 1.165) is 66.6 Å². The molecule has 0 amide bonds. The van der Waals surface area contributed by atoms with E-state index in [1.165, 1.54) is 11.1 Å². The topological polar surface area (TPSA) is 56.0 Å². The molecule has 0 saturated heterocycles. The van der Waals surface area contributed by atoms with Crippen molar-refractivity contribution in [3.05, 3.63) is 152 Å². The first kappa shape index (κ1) is 25.3. The van der Waals surface area contributed by atoms with Gasteiger partial charge in [-0.1, -0.05) is 121 Å². The minimum atomic E-state index is 0.705. The third-order valence-corrected chi connectivity index (χ3v) is 8.43. The standard InChI is InChI=1S/C40H25N5/c1-2-10-26(11-3-1)27-17-23-30(24-18-27)40-42-34-15-7-4-12-31(34)36(44-40)28-19-21-29(22-20-28)37-39-38(32-13-5-6-14-33(32)41-37)43-35-16-8-9-25-45(35)39/h1-25H. The van der Waals surface area contributed by atoms with Gasteiger partial charge in [-0.25, -0.2) is 19.9 Å². The summed E-state index contributed by atoms with van der Waals surface area (Å²) in [7, 11) is 0. The zero-order valence-corrected chi connectivity index (χ0v) is 24.2. The van der Waals surface area contributed by atoms with Gasteiger partial charge in [-0.3, -0.25) is 4.40 Å². The molecule has 5 aromatic carbocycles. The molecule has 4 aromatic heterocycles. The minimum Gasteiger partial charge on any atom is -0.298 e. The Bertz CT molecular complexity index is 2520. The van der Waals surface area contributed by atoms with Crippen molar-refractivity contribution in [2.24, 2.45) is 0 Å². The van der Waals surface area contributed by atoms with Crippen LogP contribution in [0.2, 0.25) is 0 Å². The van der Waals surface area contributed by atoms with Gasteiger partial charge in [-0.05, 0) is 35.4 Å². The predicted octanol–water partition coefficient (Wildman–Crippen LogP) is 9.65. The highest BCUT2D eigenvalue weighted by Gasteiger charge is 2.17. The van der Waals surface area contributed by atoms with Gasteiger partial charge in [0.15, 0.2) is 5.82 Å². The van der Waals surface area contributed by atoms with E-state index in [0.29, 0.717) is 5.82 Å². The molecule has 5 nitrogen and oxygen atoms in total. The first-order valence-corrected chi connectivity index (χ1v) is 15.0. The molecule has 0 radical (unpaired) electrons. The Balaban J connectivity index is 1.17.